The molecule has 156 valence electrons. The van der Waals surface area contributed by atoms with Crippen LogP contribution >= 0.6 is 0 Å². The second-order valence-electron chi connectivity index (χ2n) is 6.71. The highest BCUT2D eigenvalue weighted by Crippen LogP contribution is 2.24. The van der Waals surface area contributed by atoms with Crippen molar-refractivity contribution in [2.45, 2.75) is 19.2 Å². The summed E-state index contributed by atoms with van der Waals surface area (Å²) in [5.74, 6) is -0.339. The Balaban J connectivity index is 1.76. The molecule has 1 saturated heterocycles. The van der Waals surface area contributed by atoms with Gasteiger partial charge in [-0.25, -0.2) is 8.42 Å². The number of rotatable bonds is 7. The number of nitrogens with one attached hydrogen (secondary N) is 1. The minimum Gasteiger partial charge on any atom is -0.434 e. The number of hydrogen-bond acceptors (Lipinski definition) is 5. The van der Waals surface area contributed by atoms with E-state index in [1.165, 1.54) is 6.07 Å². The topological polar surface area (TPSA) is 75.7 Å². The molecule has 0 aliphatic carbocycles. The van der Waals surface area contributed by atoms with E-state index in [0.717, 1.165) is 5.56 Å². The van der Waals surface area contributed by atoms with Crippen LogP contribution in [0.25, 0.3) is 0 Å². The van der Waals surface area contributed by atoms with Gasteiger partial charge in [0.2, 0.25) is 5.91 Å². The van der Waals surface area contributed by atoms with E-state index in [4.69, 9.17) is 0 Å². The maximum Gasteiger partial charge on any atom is 0.387 e. The monoisotopic (exact) mass is 424 g/mol. The van der Waals surface area contributed by atoms with Crippen LogP contribution in [0.5, 0.6) is 5.75 Å². The molecule has 6 nitrogen and oxygen atoms in total. The van der Waals surface area contributed by atoms with Crippen molar-refractivity contribution in [3.8, 4) is 5.75 Å². The zero-order valence-corrected chi connectivity index (χ0v) is 16.4. The molecular formula is C20H22F2N2O4S. The van der Waals surface area contributed by atoms with Gasteiger partial charge in [-0.1, -0.05) is 48.5 Å². The van der Waals surface area contributed by atoms with Gasteiger partial charge in [0.25, 0.3) is 0 Å². The fourth-order valence-electron chi connectivity index (χ4n) is 3.29. The molecule has 2 aromatic rings. The van der Waals surface area contributed by atoms with Gasteiger partial charge in [-0.2, -0.15) is 8.78 Å². The van der Waals surface area contributed by atoms with E-state index in [9.17, 15) is 22.0 Å². The summed E-state index contributed by atoms with van der Waals surface area (Å²) in [7, 11) is -3.09. The number of para-hydroxylation sites is 1. The third-order valence-electron chi connectivity index (χ3n) is 4.75. The van der Waals surface area contributed by atoms with Crippen molar-refractivity contribution in [3.63, 3.8) is 0 Å². The van der Waals surface area contributed by atoms with Crippen LogP contribution < -0.4 is 10.1 Å². The Labute approximate surface area is 168 Å². The first-order chi connectivity index (χ1) is 13.9. The summed E-state index contributed by atoms with van der Waals surface area (Å²) < 4.78 is 53.2. The smallest absolute Gasteiger partial charge is 0.387 e. The Morgan fingerprint density at radius 1 is 1.03 bits per heavy atom. The van der Waals surface area contributed by atoms with Crippen LogP contribution in [0.3, 0.4) is 0 Å². The summed E-state index contributed by atoms with van der Waals surface area (Å²) in [5, 5.41) is 2.77. The molecular weight excluding hydrogens is 402 g/mol. The molecule has 0 spiro atoms. The average Bonchev–Trinajstić information content (AvgIpc) is 2.69. The molecule has 0 bridgehead atoms. The lowest BCUT2D eigenvalue weighted by Crippen LogP contribution is -2.47. The number of amides is 1. The van der Waals surface area contributed by atoms with Crippen molar-refractivity contribution in [1.82, 2.24) is 10.2 Å². The largest absolute Gasteiger partial charge is 0.434 e. The van der Waals surface area contributed by atoms with Crippen LogP contribution in [0, 0.1) is 0 Å². The van der Waals surface area contributed by atoms with E-state index in [1.807, 2.05) is 23.1 Å². The normalized spacial score (nSPS) is 17.6. The maximum absolute atomic E-state index is 13.0. The molecule has 1 aliphatic heterocycles. The van der Waals surface area contributed by atoms with Crippen molar-refractivity contribution in [3.05, 3.63) is 65.7 Å². The van der Waals surface area contributed by atoms with E-state index >= 15 is 0 Å². The van der Waals surface area contributed by atoms with Crippen LogP contribution in [0.4, 0.5) is 8.78 Å². The van der Waals surface area contributed by atoms with Gasteiger partial charge >= 0.3 is 6.61 Å². The Morgan fingerprint density at radius 2 is 1.66 bits per heavy atom. The Bertz CT molecular complexity index is 925. The maximum atomic E-state index is 13.0. The first-order valence-electron chi connectivity index (χ1n) is 9.15. The van der Waals surface area contributed by atoms with Gasteiger partial charge in [0.15, 0.2) is 9.84 Å². The van der Waals surface area contributed by atoms with E-state index in [1.54, 1.807) is 30.3 Å². The Hall–Kier alpha value is -2.52. The summed E-state index contributed by atoms with van der Waals surface area (Å²) in [5.41, 5.74) is 1.16. The standard InChI is InChI=1S/C20H22F2N2O4S/c21-20(22)28-17-9-5-4-8-16(17)14-23-19(25)18(15-6-2-1-3-7-15)24-10-12-29(26,27)13-11-24/h1-9,18,20H,10-14H2,(H,23,25). The van der Waals surface area contributed by atoms with Gasteiger partial charge in [-0.15, -0.1) is 0 Å². The Morgan fingerprint density at radius 3 is 2.31 bits per heavy atom. The third kappa shape index (κ3) is 5.74. The first-order valence-corrected chi connectivity index (χ1v) is 11.0. The number of sulfone groups is 1. The number of carbonyl (C=O) groups is 1. The number of ether oxygens (including phenoxy) is 1. The zero-order valence-electron chi connectivity index (χ0n) is 15.6. The van der Waals surface area contributed by atoms with Gasteiger partial charge in [-0.3, -0.25) is 9.69 Å². The second kappa shape index (κ2) is 9.32. The molecule has 9 heteroatoms. The second-order valence-corrected chi connectivity index (χ2v) is 9.01. The van der Waals surface area contributed by atoms with Crippen LogP contribution in [0.2, 0.25) is 0 Å². The highest BCUT2D eigenvalue weighted by Gasteiger charge is 2.32. The minimum atomic E-state index is -3.09. The molecule has 1 unspecified atom stereocenters. The summed E-state index contributed by atoms with van der Waals surface area (Å²) in [4.78, 5) is 14.8. The van der Waals surface area contributed by atoms with Crippen molar-refractivity contribution in [2.75, 3.05) is 24.6 Å². The predicted molar refractivity (Wildman–Crippen MR) is 104 cm³/mol. The lowest BCUT2D eigenvalue weighted by Gasteiger charge is -2.33. The molecule has 3 rings (SSSR count). The van der Waals surface area contributed by atoms with Crippen LogP contribution in [-0.2, 0) is 21.2 Å². The quantitative estimate of drug-likeness (QED) is 0.739. The third-order valence-corrected chi connectivity index (χ3v) is 6.36. The molecule has 1 fully saturated rings. The van der Waals surface area contributed by atoms with Crippen LogP contribution in [-0.4, -0.2) is 50.4 Å². The molecule has 2 aromatic carbocycles. The minimum absolute atomic E-state index is 0.00290. The highest BCUT2D eigenvalue weighted by atomic mass is 32.2. The number of carbonyl (C=O) groups excluding carboxylic acids is 1. The highest BCUT2D eigenvalue weighted by molar-refractivity contribution is 7.91. The lowest BCUT2D eigenvalue weighted by molar-refractivity contribution is -0.126. The van der Waals surface area contributed by atoms with Gasteiger partial charge in [0.1, 0.15) is 11.8 Å². The fraction of sp³-hybridized carbons (Fsp3) is 0.350. The molecule has 0 saturated carbocycles. The molecule has 1 heterocycles. The summed E-state index contributed by atoms with van der Waals surface area (Å²) in [6.45, 7) is -2.45. The number of alkyl halides is 2. The summed E-state index contributed by atoms with van der Waals surface area (Å²) in [6, 6.07) is 14.6. The summed E-state index contributed by atoms with van der Waals surface area (Å²) >= 11 is 0. The van der Waals surface area contributed by atoms with Crippen LogP contribution in [0.1, 0.15) is 17.2 Å². The van der Waals surface area contributed by atoms with E-state index in [0.29, 0.717) is 5.56 Å². The number of hydrogen-bond donors (Lipinski definition) is 1. The number of halogens is 2. The average molecular weight is 424 g/mol. The molecule has 1 N–H and O–H groups in total. The van der Waals surface area contributed by atoms with Gasteiger partial charge < -0.3 is 10.1 Å². The summed E-state index contributed by atoms with van der Waals surface area (Å²) in [6.07, 6.45) is 0. The van der Waals surface area contributed by atoms with E-state index in [-0.39, 0.29) is 42.8 Å². The van der Waals surface area contributed by atoms with Crippen molar-refractivity contribution < 1.29 is 26.7 Å². The lowest BCUT2D eigenvalue weighted by atomic mass is 10.0. The molecule has 1 amide bonds. The van der Waals surface area contributed by atoms with Crippen LogP contribution in [0.15, 0.2) is 54.6 Å². The number of benzene rings is 2. The molecule has 0 radical (unpaired) electrons. The number of nitrogens with zero attached hydrogens (tertiary/aromatic N) is 1. The SMILES string of the molecule is O=C(NCc1ccccc1OC(F)F)C(c1ccccc1)N1CCS(=O)(=O)CC1. The van der Waals surface area contributed by atoms with E-state index < -0.39 is 22.5 Å². The van der Waals surface area contributed by atoms with Crippen molar-refractivity contribution >= 4 is 15.7 Å². The van der Waals surface area contributed by atoms with E-state index in [2.05, 4.69) is 10.1 Å². The van der Waals surface area contributed by atoms with Crippen molar-refractivity contribution in [2.24, 2.45) is 0 Å². The fourth-order valence-corrected chi connectivity index (χ4v) is 4.52. The molecule has 29 heavy (non-hydrogen) atoms. The zero-order chi connectivity index (χ0) is 20.9. The predicted octanol–water partition coefficient (Wildman–Crippen LogP) is 2.38. The molecule has 0 aromatic heterocycles. The van der Waals surface area contributed by atoms with Gasteiger partial charge in [-0.05, 0) is 11.6 Å². The van der Waals surface area contributed by atoms with Gasteiger partial charge in [0.05, 0.1) is 11.5 Å². The van der Waals surface area contributed by atoms with Gasteiger partial charge in [0, 0.05) is 25.2 Å². The van der Waals surface area contributed by atoms with Crippen molar-refractivity contribution in [1.29, 1.82) is 0 Å². The first kappa shape index (κ1) is 21.2. The molecule has 1 aliphatic rings. The Kier molecular flexibility index (Phi) is 6.81. The molecule has 1 atom stereocenters.